The number of amides is 1. The highest BCUT2D eigenvalue weighted by atomic mass is 79.9. The first-order valence-electron chi connectivity index (χ1n) is 10.7. The van der Waals surface area contributed by atoms with E-state index in [1.807, 2.05) is 24.3 Å². The van der Waals surface area contributed by atoms with E-state index in [9.17, 15) is 14.0 Å². The Morgan fingerprint density at radius 2 is 1.68 bits per heavy atom. The smallest absolute Gasteiger partial charge is 0.360 e. The summed E-state index contributed by atoms with van der Waals surface area (Å²) in [7, 11) is 1.29. The van der Waals surface area contributed by atoms with Crippen LogP contribution in [-0.2, 0) is 16.1 Å². The van der Waals surface area contributed by atoms with Crippen molar-refractivity contribution in [3.8, 4) is 0 Å². The van der Waals surface area contributed by atoms with Crippen LogP contribution in [0.15, 0.2) is 69.8 Å². The van der Waals surface area contributed by atoms with Gasteiger partial charge in [-0.15, -0.1) is 0 Å². The third-order valence-corrected chi connectivity index (χ3v) is 6.10. The highest BCUT2D eigenvalue weighted by Crippen LogP contribution is 2.26. The standard InChI is InChI=1S/C25H23BrFN3O4/c1-33-25(32)22-16-34-23(28-22)15-29-10-12-30(13-11-29)24(31)14-21(17-2-6-19(26)7-3-17)18-4-8-20(27)9-5-18/h2-9,14,16H,10-13,15H2,1H3. The van der Waals surface area contributed by atoms with Crippen LogP contribution < -0.4 is 0 Å². The molecule has 0 unspecified atom stereocenters. The summed E-state index contributed by atoms with van der Waals surface area (Å²) < 4.78 is 24.4. The number of methoxy groups -OCH3 is 1. The normalized spacial score (nSPS) is 14.8. The molecule has 1 amide bonds. The van der Waals surface area contributed by atoms with Crippen LogP contribution in [0.1, 0.15) is 27.5 Å². The van der Waals surface area contributed by atoms with E-state index in [4.69, 9.17) is 4.42 Å². The molecule has 0 saturated carbocycles. The second kappa shape index (κ2) is 10.8. The van der Waals surface area contributed by atoms with Gasteiger partial charge in [-0.1, -0.05) is 40.2 Å². The van der Waals surface area contributed by atoms with Crippen molar-refractivity contribution in [2.24, 2.45) is 0 Å². The Balaban J connectivity index is 1.44. The highest BCUT2D eigenvalue weighted by Gasteiger charge is 2.23. The number of carbonyl (C=O) groups excluding carboxylic acids is 2. The molecular weight excluding hydrogens is 505 g/mol. The second-order valence-electron chi connectivity index (χ2n) is 7.79. The lowest BCUT2D eigenvalue weighted by molar-refractivity contribution is -0.127. The number of hydrogen-bond donors (Lipinski definition) is 0. The molecule has 0 radical (unpaired) electrons. The molecule has 0 bridgehead atoms. The van der Waals surface area contributed by atoms with Gasteiger partial charge >= 0.3 is 5.97 Å². The lowest BCUT2D eigenvalue weighted by atomic mass is 9.97. The maximum absolute atomic E-state index is 13.5. The zero-order valence-electron chi connectivity index (χ0n) is 18.5. The van der Waals surface area contributed by atoms with Crippen LogP contribution in [0.5, 0.6) is 0 Å². The van der Waals surface area contributed by atoms with Crippen molar-refractivity contribution in [1.82, 2.24) is 14.8 Å². The Hall–Kier alpha value is -3.30. The Kier molecular flexibility index (Phi) is 7.54. The van der Waals surface area contributed by atoms with Gasteiger partial charge in [-0.2, -0.15) is 0 Å². The topological polar surface area (TPSA) is 75.9 Å². The van der Waals surface area contributed by atoms with Crippen molar-refractivity contribution < 1.29 is 23.1 Å². The fourth-order valence-electron chi connectivity index (χ4n) is 3.71. The minimum atomic E-state index is -0.542. The first-order chi connectivity index (χ1) is 16.4. The van der Waals surface area contributed by atoms with Crippen molar-refractivity contribution in [1.29, 1.82) is 0 Å². The number of benzene rings is 2. The van der Waals surface area contributed by atoms with E-state index in [1.54, 1.807) is 23.1 Å². The number of aromatic nitrogens is 1. The number of esters is 1. The summed E-state index contributed by atoms with van der Waals surface area (Å²) in [4.78, 5) is 32.7. The first-order valence-corrected chi connectivity index (χ1v) is 11.5. The van der Waals surface area contributed by atoms with Gasteiger partial charge in [0.05, 0.1) is 13.7 Å². The summed E-state index contributed by atoms with van der Waals surface area (Å²) in [5.41, 5.74) is 2.50. The van der Waals surface area contributed by atoms with Gasteiger partial charge in [0.25, 0.3) is 0 Å². The SMILES string of the molecule is COC(=O)c1coc(CN2CCN(C(=O)C=C(c3ccc(F)cc3)c3ccc(Br)cc3)CC2)n1. The Morgan fingerprint density at radius 3 is 2.29 bits per heavy atom. The summed E-state index contributed by atoms with van der Waals surface area (Å²) in [6, 6.07) is 13.8. The fraction of sp³-hybridized carbons (Fsp3) is 0.240. The van der Waals surface area contributed by atoms with Gasteiger partial charge in [0.1, 0.15) is 12.1 Å². The van der Waals surface area contributed by atoms with Crippen molar-refractivity contribution in [2.45, 2.75) is 6.54 Å². The summed E-state index contributed by atoms with van der Waals surface area (Å²) in [5.74, 6) is -0.550. The molecule has 9 heteroatoms. The van der Waals surface area contributed by atoms with E-state index in [-0.39, 0.29) is 17.4 Å². The zero-order valence-corrected chi connectivity index (χ0v) is 20.1. The molecule has 0 N–H and O–H groups in total. The molecule has 1 fully saturated rings. The van der Waals surface area contributed by atoms with Crippen LogP contribution in [0.3, 0.4) is 0 Å². The van der Waals surface area contributed by atoms with Gasteiger partial charge in [0, 0.05) is 36.7 Å². The summed E-state index contributed by atoms with van der Waals surface area (Å²) >= 11 is 3.43. The van der Waals surface area contributed by atoms with E-state index in [0.717, 1.165) is 21.2 Å². The molecule has 0 atom stereocenters. The number of rotatable bonds is 6. The molecule has 1 aliphatic heterocycles. The molecule has 1 aromatic heterocycles. The maximum atomic E-state index is 13.5. The number of ether oxygens (including phenoxy) is 1. The second-order valence-corrected chi connectivity index (χ2v) is 8.71. The third-order valence-electron chi connectivity index (χ3n) is 5.57. The minimum absolute atomic E-state index is 0.106. The summed E-state index contributed by atoms with van der Waals surface area (Å²) in [6.07, 6.45) is 2.90. The van der Waals surface area contributed by atoms with Gasteiger partial charge < -0.3 is 14.1 Å². The van der Waals surface area contributed by atoms with Crippen molar-refractivity contribution in [3.63, 3.8) is 0 Å². The van der Waals surface area contributed by atoms with Gasteiger partial charge in [-0.25, -0.2) is 14.2 Å². The Bertz CT molecular complexity index is 1140. The largest absolute Gasteiger partial charge is 0.464 e. The molecule has 34 heavy (non-hydrogen) atoms. The van der Waals surface area contributed by atoms with E-state index in [0.29, 0.717) is 38.6 Å². The maximum Gasteiger partial charge on any atom is 0.360 e. The monoisotopic (exact) mass is 527 g/mol. The molecule has 0 aliphatic carbocycles. The molecule has 0 spiro atoms. The molecule has 2 heterocycles. The summed E-state index contributed by atoms with van der Waals surface area (Å²) in [5, 5.41) is 0. The van der Waals surface area contributed by atoms with Gasteiger partial charge in [-0.05, 0) is 41.0 Å². The quantitative estimate of drug-likeness (QED) is 0.354. The molecule has 2 aromatic carbocycles. The van der Waals surface area contributed by atoms with Crippen LogP contribution in [0.25, 0.3) is 5.57 Å². The lowest BCUT2D eigenvalue weighted by Gasteiger charge is -2.33. The highest BCUT2D eigenvalue weighted by molar-refractivity contribution is 9.10. The van der Waals surface area contributed by atoms with Gasteiger partial charge in [-0.3, -0.25) is 9.69 Å². The molecular formula is C25H23BrFN3O4. The first kappa shape index (κ1) is 23.8. The van der Waals surface area contributed by atoms with Crippen molar-refractivity contribution >= 4 is 33.4 Å². The van der Waals surface area contributed by atoms with E-state index in [1.165, 1.54) is 25.5 Å². The van der Waals surface area contributed by atoms with E-state index in [2.05, 4.69) is 30.6 Å². The van der Waals surface area contributed by atoms with Crippen molar-refractivity contribution in [3.05, 3.63) is 93.9 Å². The van der Waals surface area contributed by atoms with Gasteiger partial charge in [0.15, 0.2) is 5.69 Å². The average molecular weight is 528 g/mol. The molecule has 176 valence electrons. The minimum Gasteiger partial charge on any atom is -0.464 e. The van der Waals surface area contributed by atoms with Crippen molar-refractivity contribution in [2.75, 3.05) is 33.3 Å². The van der Waals surface area contributed by atoms with Crippen LogP contribution >= 0.6 is 15.9 Å². The van der Waals surface area contributed by atoms with Gasteiger partial charge in [0.2, 0.25) is 11.8 Å². The van der Waals surface area contributed by atoms with E-state index >= 15 is 0 Å². The number of hydrogen-bond acceptors (Lipinski definition) is 6. The lowest BCUT2D eigenvalue weighted by Crippen LogP contribution is -2.47. The molecule has 1 aliphatic rings. The average Bonchev–Trinajstić information content (AvgIpc) is 3.32. The van der Waals surface area contributed by atoms with Crippen LogP contribution in [-0.4, -0.2) is 59.9 Å². The predicted molar refractivity (Wildman–Crippen MR) is 127 cm³/mol. The Labute approximate surface area is 205 Å². The summed E-state index contributed by atoms with van der Waals surface area (Å²) in [6.45, 7) is 2.79. The number of oxazole rings is 1. The Morgan fingerprint density at radius 1 is 1.06 bits per heavy atom. The molecule has 3 aromatic rings. The number of piperazine rings is 1. The fourth-order valence-corrected chi connectivity index (χ4v) is 3.97. The number of carbonyl (C=O) groups is 2. The third kappa shape index (κ3) is 5.78. The van der Waals surface area contributed by atoms with Crippen LogP contribution in [0.2, 0.25) is 0 Å². The molecule has 4 rings (SSSR count). The number of nitrogens with zero attached hydrogens (tertiary/aromatic N) is 3. The van der Waals surface area contributed by atoms with E-state index < -0.39 is 5.97 Å². The van der Waals surface area contributed by atoms with Crippen LogP contribution in [0.4, 0.5) is 4.39 Å². The molecule has 1 saturated heterocycles. The van der Waals surface area contributed by atoms with Crippen LogP contribution in [0, 0.1) is 5.82 Å². The predicted octanol–water partition coefficient (Wildman–Crippen LogP) is 4.14. The molecule has 7 nitrogen and oxygen atoms in total. The number of halogens is 2. The zero-order chi connectivity index (χ0) is 24.1.